The van der Waals surface area contributed by atoms with Gasteiger partial charge in [-0.05, 0) is 103 Å². The van der Waals surface area contributed by atoms with Crippen molar-refractivity contribution in [1.29, 1.82) is 0 Å². The normalized spacial score (nSPS) is 21.5. The molecule has 330 valence electrons. The lowest BCUT2D eigenvalue weighted by Gasteiger charge is -2.50. The van der Waals surface area contributed by atoms with Crippen molar-refractivity contribution in [2.75, 3.05) is 38.7 Å². The number of aromatic hydroxyl groups is 1. The molecule has 16 heteroatoms. The Hall–Kier alpha value is -5.44. The Morgan fingerprint density at radius 1 is 0.855 bits per heavy atom. The highest BCUT2D eigenvalue weighted by molar-refractivity contribution is 7.48. The van der Waals surface area contributed by atoms with Crippen molar-refractivity contribution < 1.29 is 56.6 Å². The standard InChI is InChI=1S/C46H54N3O12P/c1-46-21-20-35-34-15-13-33(61-62(54,57-27-30-8-4-2-5-9-30)58-28-31-10-6-3-7-11-31)26-32(34)12-14-36(35)37(46)16-19-40(46)60-41(50)29-56-25-24-55-23-22-49-45(53)59-39-18-17-38(47)43(51)42(39)44(48)52/h2-11,13,15,17-18,26,35-37,40,51H,12,14,16,19-25,27-29,47H2,1H3,(H2,48,52)(H,49,53). The number of ether oxygens (including phenoxy) is 4. The van der Waals surface area contributed by atoms with Crippen LogP contribution in [0.15, 0.2) is 91.0 Å². The van der Waals surface area contributed by atoms with Crippen LogP contribution in [0.2, 0.25) is 0 Å². The molecule has 15 nitrogen and oxygen atoms in total. The van der Waals surface area contributed by atoms with Crippen LogP contribution in [0.4, 0.5) is 10.5 Å². The Morgan fingerprint density at radius 3 is 2.24 bits per heavy atom. The number of nitrogens with two attached hydrogens (primary N) is 2. The summed E-state index contributed by atoms with van der Waals surface area (Å²) in [5, 5.41) is 12.5. The summed E-state index contributed by atoms with van der Waals surface area (Å²) in [4.78, 5) is 36.8. The van der Waals surface area contributed by atoms with E-state index in [0.717, 1.165) is 49.7 Å². The lowest BCUT2D eigenvalue weighted by molar-refractivity contribution is -0.163. The molecule has 4 aromatic rings. The second-order valence-electron chi connectivity index (χ2n) is 16.2. The molecule has 2 fully saturated rings. The van der Waals surface area contributed by atoms with E-state index in [1.165, 1.54) is 23.3 Å². The van der Waals surface area contributed by atoms with Crippen molar-refractivity contribution in [2.45, 2.75) is 70.7 Å². The van der Waals surface area contributed by atoms with Crippen molar-refractivity contribution in [3.8, 4) is 17.2 Å². The third-order valence-electron chi connectivity index (χ3n) is 12.3. The zero-order valence-electron chi connectivity index (χ0n) is 34.7. The number of nitrogens with one attached hydrogen (secondary N) is 1. The summed E-state index contributed by atoms with van der Waals surface area (Å²) in [6, 6.07) is 27.5. The van der Waals surface area contributed by atoms with Gasteiger partial charge in [0.15, 0.2) is 5.75 Å². The van der Waals surface area contributed by atoms with Crippen LogP contribution in [-0.4, -0.2) is 62.2 Å². The highest BCUT2D eigenvalue weighted by atomic mass is 31.2. The number of primary amides is 1. The van der Waals surface area contributed by atoms with Gasteiger partial charge in [-0.2, -0.15) is 0 Å². The first kappa shape index (κ1) is 44.6. The molecule has 0 aromatic heterocycles. The maximum Gasteiger partial charge on any atom is 0.530 e. The van der Waals surface area contributed by atoms with E-state index in [0.29, 0.717) is 23.5 Å². The van der Waals surface area contributed by atoms with Crippen LogP contribution in [0, 0.1) is 17.3 Å². The first-order valence-corrected chi connectivity index (χ1v) is 22.4. The quantitative estimate of drug-likeness (QED) is 0.0235. The summed E-state index contributed by atoms with van der Waals surface area (Å²) in [5.74, 6) is -0.538. The van der Waals surface area contributed by atoms with Gasteiger partial charge in [0.25, 0.3) is 5.91 Å². The molecule has 0 heterocycles. The second-order valence-corrected chi connectivity index (χ2v) is 17.7. The highest BCUT2D eigenvalue weighted by Crippen LogP contribution is 2.62. The molecule has 0 saturated heterocycles. The molecule has 0 radical (unpaired) electrons. The molecule has 4 aromatic carbocycles. The van der Waals surface area contributed by atoms with Crippen LogP contribution in [0.5, 0.6) is 17.2 Å². The molecule has 62 heavy (non-hydrogen) atoms. The van der Waals surface area contributed by atoms with Crippen LogP contribution in [0.25, 0.3) is 0 Å². The van der Waals surface area contributed by atoms with Crippen molar-refractivity contribution in [2.24, 2.45) is 23.0 Å². The van der Waals surface area contributed by atoms with E-state index >= 15 is 0 Å². The number of aryl methyl sites for hydroxylation is 1. The Bertz CT molecular complexity index is 2200. The Kier molecular flexibility index (Phi) is 14.5. The van der Waals surface area contributed by atoms with E-state index in [2.05, 4.69) is 18.3 Å². The lowest BCUT2D eigenvalue weighted by Crippen LogP contribution is -2.45. The van der Waals surface area contributed by atoms with Crippen LogP contribution < -0.4 is 26.0 Å². The molecule has 7 rings (SSSR count). The summed E-state index contributed by atoms with van der Waals surface area (Å²) < 4.78 is 54.1. The molecule has 2 saturated carbocycles. The number of fused-ring (bicyclic) bond motifs is 5. The van der Waals surface area contributed by atoms with E-state index in [9.17, 15) is 24.1 Å². The second kappa shape index (κ2) is 20.2. The van der Waals surface area contributed by atoms with Gasteiger partial charge in [-0.15, -0.1) is 0 Å². The number of nitrogen functional groups attached to an aromatic ring is 1. The fourth-order valence-corrected chi connectivity index (χ4v) is 10.4. The Morgan fingerprint density at radius 2 is 1.55 bits per heavy atom. The van der Waals surface area contributed by atoms with E-state index in [-0.39, 0.29) is 69.1 Å². The number of benzene rings is 4. The van der Waals surface area contributed by atoms with E-state index in [1.54, 1.807) is 0 Å². The molecular formula is C46H54N3O12P. The van der Waals surface area contributed by atoms with Crippen molar-refractivity contribution >= 4 is 31.5 Å². The zero-order chi connectivity index (χ0) is 43.7. The summed E-state index contributed by atoms with van der Waals surface area (Å²) in [7, 11) is -4.00. The molecule has 6 N–H and O–H groups in total. The lowest BCUT2D eigenvalue weighted by atomic mass is 9.55. The molecule has 3 aliphatic carbocycles. The molecule has 5 atom stereocenters. The molecular weight excluding hydrogens is 817 g/mol. The summed E-state index contributed by atoms with van der Waals surface area (Å²) in [6.45, 7) is 2.74. The van der Waals surface area contributed by atoms with Gasteiger partial charge in [0.1, 0.15) is 29.8 Å². The SMILES string of the molecule is CC12CCC3c4ccc(OP(=O)(OCc5ccccc5)OCc5ccccc5)cc4CCC3C1CCC2OC(=O)COCCOCCNC(=O)Oc1ccc(N)c(O)c1C(N)=O. The predicted octanol–water partition coefficient (Wildman–Crippen LogP) is 7.58. The average Bonchev–Trinajstić information content (AvgIpc) is 3.60. The minimum absolute atomic E-state index is 0.0769. The van der Waals surface area contributed by atoms with Crippen LogP contribution in [0.1, 0.15) is 77.6 Å². The largest absolute Gasteiger partial charge is 0.530 e. The minimum atomic E-state index is -4.00. The van der Waals surface area contributed by atoms with Crippen molar-refractivity contribution in [3.05, 3.63) is 119 Å². The van der Waals surface area contributed by atoms with Crippen LogP contribution >= 0.6 is 7.82 Å². The molecule has 5 unspecified atom stereocenters. The first-order valence-electron chi connectivity index (χ1n) is 20.9. The first-order chi connectivity index (χ1) is 29.9. The van der Waals surface area contributed by atoms with Gasteiger partial charge in [0, 0.05) is 12.0 Å². The average molecular weight is 872 g/mol. The number of rotatable bonds is 19. The van der Waals surface area contributed by atoms with Gasteiger partial charge in [0.2, 0.25) is 0 Å². The molecule has 2 amide bonds. The van der Waals surface area contributed by atoms with Crippen molar-refractivity contribution in [3.63, 3.8) is 0 Å². The number of carbonyl (C=O) groups is 3. The summed E-state index contributed by atoms with van der Waals surface area (Å²) in [5.41, 5.74) is 14.4. The third-order valence-corrected chi connectivity index (χ3v) is 13.6. The Labute approximate surface area is 360 Å². The molecule has 0 spiro atoms. The van der Waals surface area contributed by atoms with E-state index in [1.807, 2.05) is 72.8 Å². The number of hydrogen-bond acceptors (Lipinski definition) is 13. The monoisotopic (exact) mass is 871 g/mol. The molecule has 3 aliphatic rings. The van der Waals surface area contributed by atoms with Gasteiger partial charge < -0.3 is 45.4 Å². The number of phosphoric acid groups is 1. The predicted molar refractivity (Wildman–Crippen MR) is 228 cm³/mol. The maximum absolute atomic E-state index is 14.1. The number of anilines is 1. The number of phosphoric ester groups is 1. The fourth-order valence-electron chi connectivity index (χ4n) is 9.28. The highest BCUT2D eigenvalue weighted by Gasteiger charge is 2.56. The fraction of sp³-hybridized carbons (Fsp3) is 0.413. The van der Waals surface area contributed by atoms with Gasteiger partial charge in [-0.25, -0.2) is 14.2 Å². The molecule has 0 bridgehead atoms. The van der Waals surface area contributed by atoms with Gasteiger partial charge in [-0.3, -0.25) is 13.8 Å². The molecule has 0 aliphatic heterocycles. The number of hydrogen-bond donors (Lipinski definition) is 4. The summed E-state index contributed by atoms with van der Waals surface area (Å²) in [6.07, 6.45) is 4.46. The van der Waals surface area contributed by atoms with E-state index in [4.69, 9.17) is 44.0 Å². The van der Waals surface area contributed by atoms with Crippen molar-refractivity contribution in [1.82, 2.24) is 5.32 Å². The maximum atomic E-state index is 14.1. The Balaban J connectivity index is 0.847. The van der Waals surface area contributed by atoms with Crippen LogP contribution in [0.3, 0.4) is 0 Å². The van der Waals surface area contributed by atoms with Crippen LogP contribution in [-0.2, 0) is 52.3 Å². The number of carbonyl (C=O) groups excluding carboxylic acids is 3. The van der Waals surface area contributed by atoms with E-state index < -0.39 is 37.1 Å². The van der Waals surface area contributed by atoms with Gasteiger partial charge >= 0.3 is 19.9 Å². The number of amides is 2. The number of esters is 1. The smallest absolute Gasteiger partial charge is 0.505 e. The third kappa shape index (κ3) is 10.8. The topological polar surface area (TPSA) is 217 Å². The summed E-state index contributed by atoms with van der Waals surface area (Å²) >= 11 is 0. The van der Waals surface area contributed by atoms with Gasteiger partial charge in [0.05, 0.1) is 38.7 Å². The minimum Gasteiger partial charge on any atom is -0.505 e. The van der Waals surface area contributed by atoms with Gasteiger partial charge in [-0.1, -0.05) is 73.7 Å². The zero-order valence-corrected chi connectivity index (χ0v) is 35.6. The number of phenols is 1.